The van der Waals surface area contributed by atoms with Crippen LogP contribution < -0.4 is 0 Å². The van der Waals surface area contributed by atoms with Crippen molar-refractivity contribution in [3.8, 4) is 0 Å². The summed E-state index contributed by atoms with van der Waals surface area (Å²) < 4.78 is 31.5. The van der Waals surface area contributed by atoms with E-state index in [9.17, 15) is 8.42 Å². The maximum atomic E-state index is 10.7. The molecule has 1 rings (SSSR count). The van der Waals surface area contributed by atoms with Crippen molar-refractivity contribution in [2.45, 2.75) is 25.9 Å². The summed E-state index contributed by atoms with van der Waals surface area (Å²) >= 11 is 0. The molecule has 0 aromatic heterocycles. The molecule has 0 aliphatic carbocycles. The molecule has 0 atom stereocenters. The van der Waals surface area contributed by atoms with Crippen LogP contribution in [0, 0.1) is 0 Å². The minimum atomic E-state index is -3.29. The van der Waals surface area contributed by atoms with Gasteiger partial charge in [0.05, 0.1) is 19.5 Å². The number of unbranched alkanes of at least 4 members (excludes halogenated alkanes) is 2. The molecule has 0 saturated carbocycles. The van der Waals surface area contributed by atoms with E-state index in [1.165, 1.54) is 0 Å². The highest BCUT2D eigenvalue weighted by atomic mass is 32.2. The molecule has 0 radical (unpaired) electrons. The highest BCUT2D eigenvalue weighted by Crippen LogP contribution is 2.03. The van der Waals surface area contributed by atoms with Crippen LogP contribution in [0.5, 0.6) is 0 Å². The average molecular weight is 272 g/mol. The molecular weight excluding hydrogens is 252 g/mol. The van der Waals surface area contributed by atoms with Crippen LogP contribution in [0.15, 0.2) is 30.3 Å². The first-order valence-electron chi connectivity index (χ1n) is 6.04. The molecule has 0 heterocycles. The fourth-order valence-corrected chi connectivity index (χ4v) is 1.88. The molecule has 0 aliphatic heterocycles. The Labute approximate surface area is 109 Å². The molecule has 0 spiro atoms. The number of ether oxygens (including phenoxy) is 1. The Morgan fingerprint density at radius 2 is 1.67 bits per heavy atom. The Morgan fingerprint density at radius 3 is 2.33 bits per heavy atom. The maximum absolute atomic E-state index is 10.7. The zero-order chi connectivity index (χ0) is 13.3. The van der Waals surface area contributed by atoms with Crippen molar-refractivity contribution in [2.24, 2.45) is 0 Å². The molecule has 0 bridgehead atoms. The van der Waals surface area contributed by atoms with Gasteiger partial charge >= 0.3 is 0 Å². The van der Waals surface area contributed by atoms with E-state index >= 15 is 0 Å². The van der Waals surface area contributed by atoms with Crippen LogP contribution in [-0.4, -0.2) is 27.9 Å². The predicted octanol–water partition coefficient (Wildman–Crippen LogP) is 2.35. The third kappa shape index (κ3) is 8.22. The summed E-state index contributed by atoms with van der Waals surface area (Å²) in [6, 6.07) is 10.0. The Bertz CT molecular complexity index is 414. The Morgan fingerprint density at radius 1 is 1.00 bits per heavy atom. The molecule has 4 nitrogen and oxygen atoms in total. The highest BCUT2D eigenvalue weighted by Gasteiger charge is 2.00. The highest BCUT2D eigenvalue weighted by molar-refractivity contribution is 7.85. The fraction of sp³-hybridized carbons (Fsp3) is 0.538. The molecule has 102 valence electrons. The van der Waals surface area contributed by atoms with Gasteiger partial charge < -0.3 is 4.74 Å². The van der Waals surface area contributed by atoms with Crippen molar-refractivity contribution in [2.75, 3.05) is 19.5 Å². The van der Waals surface area contributed by atoms with Gasteiger partial charge in [-0.1, -0.05) is 30.3 Å². The third-order valence-electron chi connectivity index (χ3n) is 2.34. The minimum absolute atomic E-state index is 0.261. The molecule has 1 aromatic carbocycles. The minimum Gasteiger partial charge on any atom is -0.377 e. The van der Waals surface area contributed by atoms with E-state index in [0.29, 0.717) is 13.2 Å². The van der Waals surface area contributed by atoms with Gasteiger partial charge in [-0.25, -0.2) is 0 Å². The van der Waals surface area contributed by atoms with Gasteiger partial charge in [-0.3, -0.25) is 4.18 Å². The van der Waals surface area contributed by atoms with Crippen molar-refractivity contribution in [1.82, 2.24) is 0 Å². The number of benzene rings is 1. The molecule has 1 aromatic rings. The summed E-state index contributed by atoms with van der Waals surface area (Å²) in [5.74, 6) is 0. The van der Waals surface area contributed by atoms with E-state index in [-0.39, 0.29) is 6.61 Å². The first kappa shape index (κ1) is 15.1. The molecule has 0 fully saturated rings. The summed E-state index contributed by atoms with van der Waals surface area (Å²) in [7, 11) is -3.29. The van der Waals surface area contributed by atoms with Gasteiger partial charge in [0.15, 0.2) is 0 Å². The molecule has 0 amide bonds. The normalized spacial score (nSPS) is 11.6. The predicted molar refractivity (Wildman–Crippen MR) is 70.7 cm³/mol. The van der Waals surface area contributed by atoms with E-state index in [1.54, 1.807) is 0 Å². The van der Waals surface area contributed by atoms with E-state index in [2.05, 4.69) is 4.18 Å². The second kappa shape index (κ2) is 8.24. The lowest BCUT2D eigenvalue weighted by molar-refractivity contribution is 0.116. The zero-order valence-electron chi connectivity index (χ0n) is 10.7. The third-order valence-corrected chi connectivity index (χ3v) is 2.94. The Balaban J connectivity index is 1.93. The van der Waals surface area contributed by atoms with Gasteiger partial charge in [-0.05, 0) is 24.8 Å². The summed E-state index contributed by atoms with van der Waals surface area (Å²) in [6.45, 7) is 1.58. The molecular formula is C13H20O4S. The molecule has 0 N–H and O–H groups in total. The summed E-state index contributed by atoms with van der Waals surface area (Å²) in [6.07, 6.45) is 3.63. The average Bonchev–Trinajstić information content (AvgIpc) is 2.32. The van der Waals surface area contributed by atoms with Crippen molar-refractivity contribution in [3.05, 3.63) is 35.9 Å². The number of hydrogen-bond acceptors (Lipinski definition) is 4. The second-order valence-corrected chi connectivity index (χ2v) is 5.77. The lowest BCUT2D eigenvalue weighted by atomic mass is 10.2. The lowest BCUT2D eigenvalue weighted by Crippen LogP contribution is -2.04. The largest absolute Gasteiger partial charge is 0.377 e. The maximum Gasteiger partial charge on any atom is 0.264 e. The van der Waals surface area contributed by atoms with E-state index < -0.39 is 10.1 Å². The van der Waals surface area contributed by atoms with Crippen LogP contribution in [-0.2, 0) is 25.6 Å². The van der Waals surface area contributed by atoms with Crippen LogP contribution in [0.4, 0.5) is 0 Å². The quantitative estimate of drug-likeness (QED) is 0.511. The first-order valence-corrected chi connectivity index (χ1v) is 7.86. The topological polar surface area (TPSA) is 52.6 Å². The summed E-state index contributed by atoms with van der Waals surface area (Å²) in [4.78, 5) is 0. The molecule has 0 saturated heterocycles. The SMILES string of the molecule is CS(=O)(=O)OCCCCCOCc1ccccc1. The Hall–Kier alpha value is -0.910. The first-order chi connectivity index (χ1) is 8.58. The van der Waals surface area contributed by atoms with Crippen LogP contribution in [0.2, 0.25) is 0 Å². The second-order valence-electron chi connectivity index (χ2n) is 4.12. The molecule has 18 heavy (non-hydrogen) atoms. The summed E-state index contributed by atoms with van der Waals surface area (Å²) in [5.41, 5.74) is 1.16. The van der Waals surface area contributed by atoms with Crippen molar-refractivity contribution >= 4 is 10.1 Å². The smallest absolute Gasteiger partial charge is 0.264 e. The van der Waals surface area contributed by atoms with Gasteiger partial charge in [0.25, 0.3) is 10.1 Å². The van der Waals surface area contributed by atoms with E-state index in [1.807, 2.05) is 30.3 Å². The fourth-order valence-electron chi connectivity index (χ4n) is 1.46. The van der Waals surface area contributed by atoms with Gasteiger partial charge in [0, 0.05) is 6.61 Å². The van der Waals surface area contributed by atoms with E-state index in [0.717, 1.165) is 31.1 Å². The van der Waals surface area contributed by atoms with Gasteiger partial charge in [-0.15, -0.1) is 0 Å². The molecule has 0 aliphatic rings. The monoisotopic (exact) mass is 272 g/mol. The van der Waals surface area contributed by atoms with Crippen molar-refractivity contribution < 1.29 is 17.3 Å². The lowest BCUT2D eigenvalue weighted by Gasteiger charge is -2.04. The standard InChI is InChI=1S/C13H20O4S/c1-18(14,15)17-11-7-3-6-10-16-12-13-8-4-2-5-9-13/h2,4-5,8-9H,3,6-7,10-12H2,1H3. The molecule has 0 unspecified atom stereocenters. The van der Waals surface area contributed by atoms with Crippen LogP contribution in [0.3, 0.4) is 0 Å². The van der Waals surface area contributed by atoms with Crippen molar-refractivity contribution in [3.63, 3.8) is 0 Å². The number of hydrogen-bond donors (Lipinski definition) is 0. The van der Waals surface area contributed by atoms with Crippen molar-refractivity contribution in [1.29, 1.82) is 0 Å². The Kier molecular flexibility index (Phi) is 6.93. The van der Waals surface area contributed by atoms with Crippen LogP contribution in [0.1, 0.15) is 24.8 Å². The van der Waals surface area contributed by atoms with Gasteiger partial charge in [0.1, 0.15) is 0 Å². The van der Waals surface area contributed by atoms with Crippen LogP contribution in [0.25, 0.3) is 0 Å². The van der Waals surface area contributed by atoms with Gasteiger partial charge in [-0.2, -0.15) is 8.42 Å². The summed E-state index contributed by atoms with van der Waals surface area (Å²) in [5, 5.41) is 0. The zero-order valence-corrected chi connectivity index (χ0v) is 11.5. The van der Waals surface area contributed by atoms with Crippen LogP contribution >= 0.6 is 0 Å². The number of rotatable bonds is 9. The van der Waals surface area contributed by atoms with E-state index in [4.69, 9.17) is 4.74 Å². The molecule has 5 heteroatoms. The van der Waals surface area contributed by atoms with Gasteiger partial charge in [0.2, 0.25) is 0 Å².